The van der Waals surface area contributed by atoms with Gasteiger partial charge in [0.15, 0.2) is 11.9 Å². The molecule has 0 aliphatic rings. The number of rotatable bonds is 22. The maximum Gasteiger partial charge on any atom is 2.00 e. The van der Waals surface area contributed by atoms with Crippen molar-refractivity contribution in [3.8, 4) is 0 Å². The molecule has 0 heterocycles. The Kier molecular flexibility index (Phi) is 25.0. The van der Waals surface area contributed by atoms with Crippen molar-refractivity contribution in [1.29, 1.82) is 0 Å². The summed E-state index contributed by atoms with van der Waals surface area (Å²) in [6, 6.07) is 11.5. The third kappa shape index (κ3) is 22.4. The number of carbonyl (C=O) groups is 6. The number of nitrogens with two attached hydrogens (primary N) is 6. The van der Waals surface area contributed by atoms with E-state index in [1.807, 2.05) is 0 Å². The van der Waals surface area contributed by atoms with Crippen LogP contribution in [0.4, 0.5) is 0 Å². The summed E-state index contributed by atoms with van der Waals surface area (Å²) in [5.41, 5.74) is 33.5. The van der Waals surface area contributed by atoms with Gasteiger partial charge >= 0.3 is 17.1 Å². The van der Waals surface area contributed by atoms with Gasteiger partial charge in [0.2, 0.25) is 23.6 Å². The van der Waals surface area contributed by atoms with Gasteiger partial charge in [0.25, 0.3) is 0 Å². The Morgan fingerprint density at radius 2 is 0.842 bits per heavy atom. The first-order chi connectivity index (χ1) is 26.4. The predicted molar refractivity (Wildman–Crippen MR) is 205 cm³/mol. The standard InChI is InChI=1S/2C18H28N6O4.Cu/c2*1-11(19)15(25)23-13(8-5-9-22-18(20)21)16(26)24-14(17(27)28)10-12-6-3-2-4-7-12;/h2*2-4,6-7,11,13-14H,5,8-10,19H2,1H3,(H,23,25)(H,24,26)(H,27,28)(H4,20,21,22);/q;;+2/p-2/t2*11-,13-,14-;/m00./s1. The van der Waals surface area contributed by atoms with Gasteiger partial charge in [-0.15, -0.1) is 0 Å². The molecule has 0 aliphatic carbocycles. The first-order valence-electron chi connectivity index (χ1n) is 17.7. The van der Waals surface area contributed by atoms with Crippen molar-refractivity contribution in [2.24, 2.45) is 44.4 Å². The summed E-state index contributed by atoms with van der Waals surface area (Å²) in [5.74, 6) is -5.37. The van der Waals surface area contributed by atoms with Crippen molar-refractivity contribution in [2.75, 3.05) is 13.1 Å². The van der Waals surface area contributed by atoms with Crippen LogP contribution in [0, 0.1) is 0 Å². The minimum Gasteiger partial charge on any atom is -0.548 e. The normalized spacial score (nSPS) is 13.4. The molecule has 0 saturated carbocycles. The Morgan fingerprint density at radius 1 is 0.544 bits per heavy atom. The molecule has 1 radical (unpaired) electrons. The summed E-state index contributed by atoms with van der Waals surface area (Å²) < 4.78 is 0. The van der Waals surface area contributed by atoms with E-state index in [0.29, 0.717) is 12.8 Å². The van der Waals surface area contributed by atoms with Gasteiger partial charge in [-0.1, -0.05) is 60.7 Å². The summed E-state index contributed by atoms with van der Waals surface area (Å²) in [4.78, 5) is 79.5. The van der Waals surface area contributed by atoms with Gasteiger partial charge < -0.3 is 75.5 Å². The van der Waals surface area contributed by atoms with E-state index in [2.05, 4.69) is 31.3 Å². The van der Waals surface area contributed by atoms with Crippen LogP contribution in [0.25, 0.3) is 0 Å². The summed E-state index contributed by atoms with van der Waals surface area (Å²) in [6.07, 6.45) is 1.29. The molecule has 2 aromatic rings. The molecule has 20 nitrogen and oxygen atoms in total. The maximum absolute atomic E-state index is 12.6. The van der Waals surface area contributed by atoms with Gasteiger partial charge in [0.1, 0.15) is 12.1 Å². The largest absolute Gasteiger partial charge is 2.00 e. The molecule has 21 heteroatoms. The average Bonchev–Trinajstić information content (AvgIpc) is 3.13. The number of nitrogens with zero attached hydrogens (tertiary/aromatic N) is 2. The van der Waals surface area contributed by atoms with E-state index in [9.17, 15) is 39.0 Å². The number of nitrogens with one attached hydrogen (secondary N) is 4. The molecule has 6 atom stereocenters. The number of carbonyl (C=O) groups excluding carboxylic acids is 6. The van der Waals surface area contributed by atoms with Crippen LogP contribution in [0.1, 0.15) is 50.7 Å². The van der Waals surface area contributed by atoms with Crippen molar-refractivity contribution in [3.63, 3.8) is 0 Å². The van der Waals surface area contributed by atoms with E-state index >= 15 is 0 Å². The third-order valence-electron chi connectivity index (χ3n) is 7.75. The van der Waals surface area contributed by atoms with E-state index in [0.717, 1.165) is 11.1 Å². The van der Waals surface area contributed by atoms with Crippen molar-refractivity contribution >= 4 is 47.5 Å². The molecule has 16 N–H and O–H groups in total. The first-order valence-corrected chi connectivity index (χ1v) is 17.7. The third-order valence-corrected chi connectivity index (χ3v) is 7.75. The summed E-state index contributed by atoms with van der Waals surface area (Å²) in [7, 11) is 0. The second kappa shape index (κ2) is 27.8. The molecule has 0 saturated heterocycles. The predicted octanol–water partition coefficient (Wildman–Crippen LogP) is -5.30. The molecule has 317 valence electrons. The molecule has 2 aromatic carbocycles. The smallest absolute Gasteiger partial charge is 0.548 e. The van der Waals surface area contributed by atoms with Crippen LogP contribution in [-0.4, -0.2) is 96.8 Å². The number of carboxylic acid groups (broad SMARTS) is 2. The number of benzene rings is 2. The summed E-state index contributed by atoms with van der Waals surface area (Å²) in [6.45, 7) is 3.47. The first kappa shape index (κ1) is 51.2. The molecule has 0 fully saturated rings. The van der Waals surface area contributed by atoms with Crippen molar-refractivity contribution in [2.45, 2.75) is 88.6 Å². The van der Waals surface area contributed by atoms with E-state index in [1.165, 1.54) is 13.8 Å². The van der Waals surface area contributed by atoms with Crippen LogP contribution in [0.15, 0.2) is 70.6 Å². The molecule has 57 heavy (non-hydrogen) atoms. The van der Waals surface area contributed by atoms with Crippen LogP contribution < -0.4 is 65.9 Å². The number of aliphatic imine (C=N–C) groups is 2. The van der Waals surface area contributed by atoms with Crippen LogP contribution in [-0.2, 0) is 58.7 Å². The Bertz CT molecular complexity index is 1500. The number of amides is 4. The zero-order valence-corrected chi connectivity index (χ0v) is 32.8. The minimum absolute atomic E-state index is 0. The zero-order valence-electron chi connectivity index (χ0n) is 31.8. The molecule has 4 amide bonds. The van der Waals surface area contributed by atoms with Crippen molar-refractivity contribution in [1.82, 2.24) is 21.3 Å². The Hall–Kier alpha value is -5.76. The second-order valence-electron chi connectivity index (χ2n) is 12.7. The van der Waals surface area contributed by atoms with E-state index in [-0.39, 0.29) is 67.8 Å². The molecule has 0 aliphatic heterocycles. The van der Waals surface area contributed by atoms with Gasteiger partial charge in [-0.05, 0) is 63.5 Å². The number of hydrogen-bond acceptors (Lipinski definition) is 12. The van der Waals surface area contributed by atoms with Gasteiger partial charge in [0, 0.05) is 13.1 Å². The van der Waals surface area contributed by atoms with Gasteiger partial charge in [-0.25, -0.2) is 0 Å². The molecular weight excluding hydrogens is 792 g/mol. The van der Waals surface area contributed by atoms with Crippen molar-refractivity contribution in [3.05, 3.63) is 71.8 Å². The van der Waals surface area contributed by atoms with E-state index < -0.39 is 71.8 Å². The summed E-state index contributed by atoms with van der Waals surface area (Å²) in [5, 5.41) is 32.8. The van der Waals surface area contributed by atoms with Crippen LogP contribution in [0.2, 0.25) is 0 Å². The molecule has 2 rings (SSSR count). The fraction of sp³-hybridized carbons (Fsp3) is 0.444. The monoisotopic (exact) mass is 845 g/mol. The molecule has 0 bridgehead atoms. The van der Waals surface area contributed by atoms with E-state index in [1.54, 1.807) is 60.7 Å². The van der Waals surface area contributed by atoms with E-state index in [4.69, 9.17) is 34.4 Å². The molecule has 0 unspecified atom stereocenters. The van der Waals surface area contributed by atoms with Gasteiger partial charge in [-0.2, -0.15) is 0 Å². The fourth-order valence-corrected chi connectivity index (χ4v) is 4.78. The minimum atomic E-state index is -1.42. The molecular formula is C36H54CuN12O8. The quantitative estimate of drug-likeness (QED) is 0.0229. The maximum atomic E-state index is 12.6. The summed E-state index contributed by atoms with van der Waals surface area (Å²) >= 11 is 0. The van der Waals surface area contributed by atoms with Gasteiger partial charge in [-0.3, -0.25) is 29.2 Å². The number of hydrogen-bond donors (Lipinski definition) is 10. The van der Waals surface area contributed by atoms with Crippen LogP contribution >= 0.6 is 0 Å². The average molecular weight is 846 g/mol. The molecule has 0 aromatic heterocycles. The number of carboxylic acids is 2. The molecule has 0 spiro atoms. The second-order valence-corrected chi connectivity index (χ2v) is 12.7. The Labute approximate surface area is 341 Å². The fourth-order valence-electron chi connectivity index (χ4n) is 4.78. The Morgan fingerprint density at radius 3 is 1.11 bits per heavy atom. The SMILES string of the molecule is C[C@H](N)C(=O)N[C@@H](CCCN=C(N)N)C(=O)N[C@@H](Cc1ccccc1)C(=O)[O-].C[C@H](N)C(=O)N[C@@H](CCCN=C(N)N)C(=O)N[C@@H](Cc1ccccc1)C(=O)[O-].[Cu+2]. The number of aliphatic carboxylic acids is 2. The zero-order chi connectivity index (χ0) is 42.2. The van der Waals surface area contributed by atoms with Crippen LogP contribution in [0.5, 0.6) is 0 Å². The van der Waals surface area contributed by atoms with Crippen molar-refractivity contribution < 1.29 is 56.0 Å². The number of guanidine groups is 2. The van der Waals surface area contributed by atoms with Crippen LogP contribution in [0.3, 0.4) is 0 Å². The topological polar surface area (TPSA) is 377 Å². The Balaban J connectivity index is 0.00000108. The van der Waals surface area contributed by atoms with Gasteiger partial charge in [0.05, 0.1) is 36.1 Å².